The van der Waals surface area contributed by atoms with Crippen molar-refractivity contribution in [2.75, 3.05) is 13.1 Å². The van der Waals surface area contributed by atoms with Crippen molar-refractivity contribution in [3.8, 4) is 0 Å². The lowest BCUT2D eigenvalue weighted by Gasteiger charge is -2.42. The van der Waals surface area contributed by atoms with Gasteiger partial charge in [-0.1, -0.05) is 44.2 Å². The van der Waals surface area contributed by atoms with Crippen LogP contribution in [0.3, 0.4) is 0 Å². The zero-order valence-corrected chi connectivity index (χ0v) is 16.8. The third-order valence-corrected chi connectivity index (χ3v) is 5.85. The molecule has 1 heterocycles. The minimum atomic E-state index is -0.331. The van der Waals surface area contributed by atoms with Gasteiger partial charge in [0.05, 0.1) is 5.92 Å². The lowest BCUT2D eigenvalue weighted by Crippen LogP contribution is -2.62. The molecule has 1 aliphatic carbocycles. The van der Waals surface area contributed by atoms with Crippen molar-refractivity contribution in [2.45, 2.75) is 52.0 Å². The molecule has 2 aliphatic rings. The monoisotopic (exact) mass is 385 g/mol. The van der Waals surface area contributed by atoms with E-state index in [4.69, 9.17) is 0 Å². The zero-order chi connectivity index (χ0) is 20.1. The molecule has 0 radical (unpaired) electrons. The summed E-state index contributed by atoms with van der Waals surface area (Å²) < 4.78 is 0. The smallest absolute Gasteiger partial charge is 0.324 e. The van der Waals surface area contributed by atoms with Crippen molar-refractivity contribution >= 4 is 17.8 Å². The summed E-state index contributed by atoms with van der Waals surface area (Å²) in [5, 5.41) is 5.98. The second kappa shape index (κ2) is 9.22. The summed E-state index contributed by atoms with van der Waals surface area (Å²) in [7, 11) is 0. The molecule has 1 aromatic rings. The largest absolute Gasteiger partial charge is 0.356 e. The van der Waals surface area contributed by atoms with Gasteiger partial charge >= 0.3 is 6.03 Å². The highest BCUT2D eigenvalue weighted by Gasteiger charge is 2.45. The number of nitrogens with one attached hydrogen (secondary N) is 2. The van der Waals surface area contributed by atoms with Crippen molar-refractivity contribution in [1.82, 2.24) is 15.5 Å². The van der Waals surface area contributed by atoms with E-state index in [0.29, 0.717) is 44.7 Å². The maximum atomic E-state index is 12.9. The van der Waals surface area contributed by atoms with Crippen LogP contribution < -0.4 is 10.6 Å². The Morgan fingerprint density at radius 1 is 1.21 bits per heavy atom. The van der Waals surface area contributed by atoms with Crippen LogP contribution in [0.2, 0.25) is 0 Å². The number of benzene rings is 1. The second-order valence-corrected chi connectivity index (χ2v) is 8.37. The summed E-state index contributed by atoms with van der Waals surface area (Å²) in [5.41, 5.74) is 1.10. The second-order valence-electron chi connectivity index (χ2n) is 8.37. The summed E-state index contributed by atoms with van der Waals surface area (Å²) in [6, 6.07) is 9.29. The Morgan fingerprint density at radius 3 is 2.68 bits per heavy atom. The van der Waals surface area contributed by atoms with Gasteiger partial charge in [-0.25, -0.2) is 4.79 Å². The first-order valence-corrected chi connectivity index (χ1v) is 10.4. The summed E-state index contributed by atoms with van der Waals surface area (Å²) >= 11 is 0. The fourth-order valence-electron chi connectivity index (χ4n) is 4.13. The van der Waals surface area contributed by atoms with Crippen LogP contribution in [-0.4, -0.2) is 41.9 Å². The number of urea groups is 1. The number of fused-ring (bicyclic) bond motifs is 1. The van der Waals surface area contributed by atoms with E-state index in [0.717, 1.165) is 12.0 Å². The standard InChI is InChI=1S/C22H31N3O3/c1-15(2)10-12-23-20(26)17-8-9-18-19(14-17)24-22(28)25(21(18)27)13-11-16-6-4-3-5-7-16/h3-7,15,17-19H,8-14H2,1-2H3,(H,23,26)(H,24,28). The zero-order valence-electron chi connectivity index (χ0n) is 16.8. The molecular formula is C22H31N3O3. The van der Waals surface area contributed by atoms with Gasteiger partial charge in [-0.3, -0.25) is 14.5 Å². The van der Waals surface area contributed by atoms with Gasteiger partial charge in [0.25, 0.3) is 0 Å². The normalized spacial score (nSPS) is 24.7. The molecule has 0 spiro atoms. The molecule has 6 heteroatoms. The Bertz CT molecular complexity index is 704. The predicted molar refractivity (Wildman–Crippen MR) is 107 cm³/mol. The average molecular weight is 386 g/mol. The number of imide groups is 1. The van der Waals surface area contributed by atoms with Gasteiger partial charge in [-0.2, -0.15) is 0 Å². The summed E-state index contributed by atoms with van der Waals surface area (Å²) in [6.07, 6.45) is 3.49. The van der Waals surface area contributed by atoms with Crippen molar-refractivity contribution in [3.05, 3.63) is 35.9 Å². The van der Waals surface area contributed by atoms with E-state index < -0.39 is 0 Å². The summed E-state index contributed by atoms with van der Waals surface area (Å²) in [6.45, 7) is 5.32. The van der Waals surface area contributed by atoms with E-state index in [1.54, 1.807) is 0 Å². The number of amides is 4. The third kappa shape index (κ3) is 4.91. The molecular weight excluding hydrogens is 354 g/mol. The molecule has 2 N–H and O–H groups in total. The number of hydrogen-bond acceptors (Lipinski definition) is 3. The number of carbonyl (C=O) groups excluding carboxylic acids is 3. The number of hydrogen-bond donors (Lipinski definition) is 2. The lowest BCUT2D eigenvalue weighted by atomic mass is 9.76. The minimum Gasteiger partial charge on any atom is -0.356 e. The number of rotatable bonds is 7. The minimum absolute atomic E-state index is 0.0484. The lowest BCUT2D eigenvalue weighted by molar-refractivity contribution is -0.139. The number of carbonyl (C=O) groups is 3. The maximum absolute atomic E-state index is 12.9. The Labute approximate surface area is 167 Å². The van der Waals surface area contributed by atoms with Crippen molar-refractivity contribution in [2.24, 2.45) is 17.8 Å². The molecule has 1 aromatic carbocycles. The molecule has 1 saturated carbocycles. The summed E-state index contributed by atoms with van der Waals surface area (Å²) in [5.74, 6) is 0.161. The van der Waals surface area contributed by atoms with Crippen LogP contribution in [0.25, 0.3) is 0 Å². The SMILES string of the molecule is CC(C)CCNC(=O)C1CCC2C(=O)N(CCc3ccccc3)C(=O)NC2C1. The Balaban J connectivity index is 1.54. The molecule has 0 aromatic heterocycles. The molecule has 1 aliphatic heterocycles. The van der Waals surface area contributed by atoms with Crippen LogP contribution in [0.4, 0.5) is 4.79 Å². The van der Waals surface area contributed by atoms with Gasteiger partial charge in [0.2, 0.25) is 11.8 Å². The van der Waals surface area contributed by atoms with Crippen LogP contribution in [0, 0.1) is 17.8 Å². The van der Waals surface area contributed by atoms with Crippen molar-refractivity contribution < 1.29 is 14.4 Å². The molecule has 2 fully saturated rings. The molecule has 4 amide bonds. The van der Waals surface area contributed by atoms with Crippen LogP contribution in [-0.2, 0) is 16.0 Å². The Kier molecular flexibility index (Phi) is 6.70. The van der Waals surface area contributed by atoms with Gasteiger partial charge in [0.1, 0.15) is 0 Å². The van der Waals surface area contributed by atoms with E-state index in [1.165, 1.54) is 4.90 Å². The first kappa shape index (κ1) is 20.4. The highest BCUT2D eigenvalue weighted by molar-refractivity contribution is 5.99. The predicted octanol–water partition coefficient (Wildman–Crippen LogP) is 2.73. The Hall–Kier alpha value is -2.37. The fourth-order valence-corrected chi connectivity index (χ4v) is 4.13. The van der Waals surface area contributed by atoms with E-state index in [9.17, 15) is 14.4 Å². The number of nitrogens with zero attached hydrogens (tertiary/aromatic N) is 1. The van der Waals surface area contributed by atoms with Gasteiger partial charge in [0, 0.05) is 25.0 Å². The van der Waals surface area contributed by atoms with Crippen LogP contribution in [0.5, 0.6) is 0 Å². The maximum Gasteiger partial charge on any atom is 0.324 e. The van der Waals surface area contributed by atoms with Crippen molar-refractivity contribution in [1.29, 1.82) is 0 Å². The van der Waals surface area contributed by atoms with Gasteiger partial charge in [0.15, 0.2) is 0 Å². The van der Waals surface area contributed by atoms with Gasteiger partial charge < -0.3 is 10.6 Å². The molecule has 3 atom stereocenters. The summed E-state index contributed by atoms with van der Waals surface area (Å²) in [4.78, 5) is 39.1. The topological polar surface area (TPSA) is 78.5 Å². The van der Waals surface area contributed by atoms with Crippen molar-refractivity contribution in [3.63, 3.8) is 0 Å². The van der Waals surface area contributed by atoms with E-state index >= 15 is 0 Å². The molecule has 3 unspecified atom stereocenters. The van der Waals surface area contributed by atoms with Crippen LogP contribution in [0.15, 0.2) is 30.3 Å². The molecule has 3 rings (SSSR count). The molecule has 0 bridgehead atoms. The molecule has 6 nitrogen and oxygen atoms in total. The van der Waals surface area contributed by atoms with Crippen LogP contribution >= 0.6 is 0 Å². The third-order valence-electron chi connectivity index (χ3n) is 5.85. The first-order valence-electron chi connectivity index (χ1n) is 10.4. The molecule has 28 heavy (non-hydrogen) atoms. The molecule has 152 valence electrons. The highest BCUT2D eigenvalue weighted by Crippen LogP contribution is 2.33. The Morgan fingerprint density at radius 2 is 1.96 bits per heavy atom. The first-order chi connectivity index (χ1) is 13.5. The van der Waals surface area contributed by atoms with E-state index in [1.807, 2.05) is 30.3 Å². The fraction of sp³-hybridized carbons (Fsp3) is 0.591. The van der Waals surface area contributed by atoms with E-state index in [-0.39, 0.29) is 35.7 Å². The quantitative estimate of drug-likeness (QED) is 0.757. The highest BCUT2D eigenvalue weighted by atomic mass is 16.2. The molecule has 1 saturated heterocycles. The van der Waals surface area contributed by atoms with Crippen LogP contribution in [0.1, 0.15) is 45.1 Å². The van der Waals surface area contributed by atoms with Gasteiger partial charge in [-0.05, 0) is 43.6 Å². The van der Waals surface area contributed by atoms with Gasteiger partial charge in [-0.15, -0.1) is 0 Å². The average Bonchev–Trinajstić information content (AvgIpc) is 2.67. The van der Waals surface area contributed by atoms with E-state index in [2.05, 4.69) is 24.5 Å².